The summed E-state index contributed by atoms with van der Waals surface area (Å²) in [6.45, 7) is 5.34. The predicted molar refractivity (Wildman–Crippen MR) is 60.8 cm³/mol. The van der Waals surface area contributed by atoms with E-state index in [-0.39, 0.29) is 0 Å². The number of rotatable bonds is 4. The average Bonchev–Trinajstić information content (AvgIpc) is 2.67. The first-order valence-electron chi connectivity index (χ1n) is 5.30. The molecule has 2 aromatic rings. The maximum absolute atomic E-state index is 5.01. The fourth-order valence-corrected chi connectivity index (χ4v) is 1.52. The lowest BCUT2D eigenvalue weighted by atomic mass is 10.1. The zero-order valence-corrected chi connectivity index (χ0v) is 9.53. The molecule has 1 N–H and O–H groups in total. The Kier molecular flexibility index (Phi) is 3.31. The largest absolute Gasteiger partial charge is 0.338 e. The molecule has 0 aliphatic carbocycles. The van der Waals surface area contributed by atoms with Crippen molar-refractivity contribution in [3.63, 3.8) is 0 Å². The normalized spacial score (nSPS) is 10.6. The van der Waals surface area contributed by atoms with Crippen LogP contribution in [0.1, 0.15) is 22.8 Å². The van der Waals surface area contributed by atoms with Gasteiger partial charge in [0, 0.05) is 6.54 Å². The van der Waals surface area contributed by atoms with Gasteiger partial charge in [-0.05, 0) is 25.0 Å². The number of nitrogens with zero attached hydrogens (tertiary/aromatic N) is 2. The van der Waals surface area contributed by atoms with Gasteiger partial charge >= 0.3 is 0 Å². The van der Waals surface area contributed by atoms with Crippen LogP contribution < -0.4 is 5.32 Å². The van der Waals surface area contributed by atoms with Gasteiger partial charge in [0.05, 0.1) is 6.54 Å². The van der Waals surface area contributed by atoms with E-state index in [0.29, 0.717) is 18.3 Å². The summed E-state index contributed by atoms with van der Waals surface area (Å²) in [6.07, 6.45) is 0. The number of nitrogens with one attached hydrogen (secondary N) is 1. The van der Waals surface area contributed by atoms with Crippen molar-refractivity contribution in [2.24, 2.45) is 0 Å². The van der Waals surface area contributed by atoms with E-state index in [2.05, 4.69) is 34.5 Å². The Bertz CT molecular complexity index is 465. The third-order valence-electron chi connectivity index (χ3n) is 2.42. The fraction of sp³-hybridized carbons (Fsp3) is 0.333. The number of aryl methyl sites for hydroxylation is 2. The van der Waals surface area contributed by atoms with Crippen LogP contribution in [-0.4, -0.2) is 10.1 Å². The first kappa shape index (κ1) is 10.8. The highest BCUT2D eigenvalue weighted by molar-refractivity contribution is 5.25. The van der Waals surface area contributed by atoms with E-state index in [1.54, 1.807) is 0 Å². The van der Waals surface area contributed by atoms with Gasteiger partial charge in [0.15, 0.2) is 5.82 Å². The van der Waals surface area contributed by atoms with Gasteiger partial charge in [0.2, 0.25) is 5.89 Å². The summed E-state index contributed by atoms with van der Waals surface area (Å²) in [5, 5.41) is 7.01. The summed E-state index contributed by atoms with van der Waals surface area (Å²) < 4.78 is 5.01. The molecule has 0 aliphatic rings. The summed E-state index contributed by atoms with van der Waals surface area (Å²) in [5.74, 6) is 1.30. The summed E-state index contributed by atoms with van der Waals surface area (Å²) in [7, 11) is 0. The Morgan fingerprint density at radius 1 is 1.19 bits per heavy atom. The van der Waals surface area contributed by atoms with Gasteiger partial charge in [-0.3, -0.25) is 0 Å². The second kappa shape index (κ2) is 4.90. The van der Waals surface area contributed by atoms with Crippen molar-refractivity contribution in [2.45, 2.75) is 26.9 Å². The van der Waals surface area contributed by atoms with Crippen LogP contribution in [0.3, 0.4) is 0 Å². The summed E-state index contributed by atoms with van der Waals surface area (Å²) >= 11 is 0. The summed E-state index contributed by atoms with van der Waals surface area (Å²) in [4.78, 5) is 4.12. The molecule has 1 heterocycles. The molecule has 1 aromatic carbocycles. The zero-order chi connectivity index (χ0) is 11.4. The van der Waals surface area contributed by atoms with E-state index in [0.717, 1.165) is 6.54 Å². The lowest BCUT2D eigenvalue weighted by molar-refractivity contribution is 0.364. The van der Waals surface area contributed by atoms with E-state index < -0.39 is 0 Å². The molecular weight excluding hydrogens is 202 g/mol. The van der Waals surface area contributed by atoms with E-state index in [4.69, 9.17) is 4.52 Å². The lowest BCUT2D eigenvalue weighted by Gasteiger charge is -2.05. The highest BCUT2D eigenvalue weighted by atomic mass is 16.5. The molecule has 0 atom stereocenters. The second-order valence-electron chi connectivity index (χ2n) is 3.77. The minimum Gasteiger partial charge on any atom is -0.338 e. The molecule has 0 unspecified atom stereocenters. The van der Waals surface area contributed by atoms with Crippen LogP contribution in [0, 0.1) is 13.8 Å². The van der Waals surface area contributed by atoms with Gasteiger partial charge in [-0.25, -0.2) is 0 Å². The molecule has 0 saturated carbocycles. The second-order valence-corrected chi connectivity index (χ2v) is 3.77. The van der Waals surface area contributed by atoms with Crippen LogP contribution in [0.4, 0.5) is 0 Å². The Hall–Kier alpha value is -1.68. The van der Waals surface area contributed by atoms with Gasteiger partial charge in [-0.1, -0.05) is 29.4 Å². The number of hydrogen-bond acceptors (Lipinski definition) is 4. The average molecular weight is 217 g/mol. The van der Waals surface area contributed by atoms with Crippen LogP contribution in [0.15, 0.2) is 28.8 Å². The zero-order valence-electron chi connectivity index (χ0n) is 9.53. The minimum absolute atomic E-state index is 0.606. The number of hydrogen-bond donors (Lipinski definition) is 1. The van der Waals surface area contributed by atoms with Crippen molar-refractivity contribution in [1.29, 1.82) is 0 Å². The molecule has 2 rings (SSSR count). The molecule has 4 heteroatoms. The molecule has 0 spiro atoms. The molecule has 0 bridgehead atoms. The first-order chi connectivity index (χ1) is 7.75. The third kappa shape index (κ3) is 2.67. The Balaban J connectivity index is 1.87. The van der Waals surface area contributed by atoms with Crippen LogP contribution in [0.25, 0.3) is 0 Å². The molecule has 0 fully saturated rings. The maximum atomic E-state index is 5.01. The van der Waals surface area contributed by atoms with Gasteiger partial charge < -0.3 is 9.84 Å². The van der Waals surface area contributed by atoms with Crippen molar-refractivity contribution in [1.82, 2.24) is 15.5 Å². The highest BCUT2D eigenvalue weighted by Crippen LogP contribution is 2.06. The predicted octanol–water partition coefficient (Wildman–Crippen LogP) is 1.98. The fourth-order valence-electron chi connectivity index (χ4n) is 1.52. The van der Waals surface area contributed by atoms with Crippen LogP contribution >= 0.6 is 0 Å². The maximum Gasteiger partial charge on any atom is 0.240 e. The molecule has 1 aromatic heterocycles. The molecule has 84 valence electrons. The molecule has 0 aliphatic heterocycles. The molecule has 0 radical (unpaired) electrons. The standard InChI is InChI=1S/C12H15N3O/c1-9-5-3-4-6-11(9)7-13-8-12-14-10(2)15-16-12/h3-6,13H,7-8H2,1-2H3. The Morgan fingerprint density at radius 3 is 2.69 bits per heavy atom. The van der Waals surface area contributed by atoms with Crippen molar-refractivity contribution in [3.8, 4) is 0 Å². The van der Waals surface area contributed by atoms with Crippen molar-refractivity contribution in [2.75, 3.05) is 0 Å². The van der Waals surface area contributed by atoms with Crippen LogP contribution in [-0.2, 0) is 13.1 Å². The third-order valence-corrected chi connectivity index (χ3v) is 2.42. The smallest absolute Gasteiger partial charge is 0.240 e. The van der Waals surface area contributed by atoms with E-state index in [1.165, 1.54) is 11.1 Å². The number of aromatic nitrogens is 2. The van der Waals surface area contributed by atoms with Crippen molar-refractivity contribution in [3.05, 3.63) is 47.1 Å². The van der Waals surface area contributed by atoms with Crippen LogP contribution in [0.5, 0.6) is 0 Å². The Labute approximate surface area is 94.7 Å². The SMILES string of the molecule is Cc1noc(CNCc2ccccc2C)n1. The summed E-state index contributed by atoms with van der Waals surface area (Å²) in [5.41, 5.74) is 2.58. The highest BCUT2D eigenvalue weighted by Gasteiger charge is 2.02. The van der Waals surface area contributed by atoms with Gasteiger partial charge in [-0.15, -0.1) is 0 Å². The van der Waals surface area contributed by atoms with Gasteiger partial charge in [0.25, 0.3) is 0 Å². The quantitative estimate of drug-likeness (QED) is 0.850. The van der Waals surface area contributed by atoms with Crippen molar-refractivity contribution < 1.29 is 4.52 Å². The summed E-state index contributed by atoms with van der Waals surface area (Å²) in [6, 6.07) is 8.30. The van der Waals surface area contributed by atoms with E-state index in [1.807, 2.05) is 19.1 Å². The van der Waals surface area contributed by atoms with Crippen LogP contribution in [0.2, 0.25) is 0 Å². The Morgan fingerprint density at radius 2 is 2.00 bits per heavy atom. The minimum atomic E-state index is 0.606. The molecule has 0 amide bonds. The molecule has 0 saturated heterocycles. The molecule has 4 nitrogen and oxygen atoms in total. The number of benzene rings is 1. The van der Waals surface area contributed by atoms with Gasteiger partial charge in [-0.2, -0.15) is 4.98 Å². The monoisotopic (exact) mass is 217 g/mol. The first-order valence-corrected chi connectivity index (χ1v) is 5.30. The topological polar surface area (TPSA) is 51.0 Å². The van der Waals surface area contributed by atoms with E-state index in [9.17, 15) is 0 Å². The molecular formula is C12H15N3O. The van der Waals surface area contributed by atoms with Crippen molar-refractivity contribution >= 4 is 0 Å². The molecule has 16 heavy (non-hydrogen) atoms. The lowest BCUT2D eigenvalue weighted by Crippen LogP contribution is -2.13. The van der Waals surface area contributed by atoms with E-state index >= 15 is 0 Å². The van der Waals surface area contributed by atoms with Gasteiger partial charge in [0.1, 0.15) is 0 Å².